The summed E-state index contributed by atoms with van der Waals surface area (Å²) in [6.07, 6.45) is 1.79. The lowest BCUT2D eigenvalue weighted by atomic mass is 10.1. The molecule has 3 aromatic rings. The molecule has 1 saturated heterocycles. The van der Waals surface area contributed by atoms with Crippen molar-refractivity contribution in [3.05, 3.63) is 71.2 Å². The van der Waals surface area contributed by atoms with Gasteiger partial charge in [0.25, 0.3) is 5.91 Å². The van der Waals surface area contributed by atoms with Crippen molar-refractivity contribution < 1.29 is 9.53 Å². The van der Waals surface area contributed by atoms with Gasteiger partial charge in [-0.15, -0.1) is 0 Å². The van der Waals surface area contributed by atoms with Crippen LogP contribution in [0.1, 0.15) is 27.3 Å². The highest BCUT2D eigenvalue weighted by molar-refractivity contribution is 5.92. The standard InChI is InChI=1S/C21H24N4O2/c1-16-4-2-7-20-23-19(15-25(16)20)21(26)22-13-17-5-3-6-18(12-17)14-24-8-10-27-11-9-24/h2-7,12,15H,8-11,13-14H2,1H3,(H,22,26). The van der Waals surface area contributed by atoms with Crippen molar-refractivity contribution >= 4 is 11.6 Å². The first kappa shape index (κ1) is 17.7. The molecule has 0 saturated carbocycles. The van der Waals surface area contributed by atoms with E-state index in [1.165, 1.54) is 5.56 Å². The highest BCUT2D eigenvalue weighted by atomic mass is 16.5. The molecule has 0 spiro atoms. The second-order valence-corrected chi connectivity index (χ2v) is 6.91. The second kappa shape index (κ2) is 7.90. The van der Waals surface area contributed by atoms with Crippen LogP contribution >= 0.6 is 0 Å². The van der Waals surface area contributed by atoms with Crippen LogP contribution in [0.3, 0.4) is 0 Å². The summed E-state index contributed by atoms with van der Waals surface area (Å²) in [5.74, 6) is -0.156. The van der Waals surface area contributed by atoms with Crippen molar-refractivity contribution in [3.63, 3.8) is 0 Å². The average molecular weight is 364 g/mol. The molecule has 0 atom stereocenters. The monoisotopic (exact) mass is 364 g/mol. The number of ether oxygens (including phenoxy) is 1. The van der Waals surface area contributed by atoms with Crippen LogP contribution in [0.2, 0.25) is 0 Å². The lowest BCUT2D eigenvalue weighted by Gasteiger charge is -2.26. The fraction of sp³-hybridized carbons (Fsp3) is 0.333. The number of carbonyl (C=O) groups excluding carboxylic acids is 1. The summed E-state index contributed by atoms with van der Waals surface area (Å²) in [5.41, 5.74) is 4.62. The van der Waals surface area contributed by atoms with Gasteiger partial charge in [0, 0.05) is 38.1 Å². The van der Waals surface area contributed by atoms with E-state index in [1.807, 2.05) is 41.7 Å². The molecule has 0 aliphatic carbocycles. The Morgan fingerprint density at radius 1 is 1.15 bits per heavy atom. The number of morpholine rings is 1. The SMILES string of the molecule is Cc1cccc2nc(C(=O)NCc3cccc(CN4CCOCC4)c3)cn12. The van der Waals surface area contributed by atoms with Gasteiger partial charge in [-0.1, -0.05) is 30.3 Å². The van der Waals surface area contributed by atoms with Gasteiger partial charge >= 0.3 is 0 Å². The van der Waals surface area contributed by atoms with Crippen LogP contribution in [0, 0.1) is 6.92 Å². The summed E-state index contributed by atoms with van der Waals surface area (Å²) < 4.78 is 7.33. The van der Waals surface area contributed by atoms with Crippen molar-refractivity contribution in [2.24, 2.45) is 0 Å². The van der Waals surface area contributed by atoms with Crippen LogP contribution in [0.5, 0.6) is 0 Å². The minimum absolute atomic E-state index is 0.156. The quantitative estimate of drug-likeness (QED) is 0.755. The Labute approximate surface area is 158 Å². The van der Waals surface area contributed by atoms with Crippen LogP contribution in [0.25, 0.3) is 5.65 Å². The average Bonchev–Trinajstić information content (AvgIpc) is 3.13. The number of nitrogens with zero attached hydrogens (tertiary/aromatic N) is 3. The van der Waals surface area contributed by atoms with Gasteiger partial charge in [0.05, 0.1) is 13.2 Å². The van der Waals surface area contributed by atoms with Gasteiger partial charge in [-0.25, -0.2) is 4.98 Å². The number of fused-ring (bicyclic) bond motifs is 1. The third-order valence-corrected chi connectivity index (χ3v) is 4.88. The van der Waals surface area contributed by atoms with Crippen LogP contribution in [-0.4, -0.2) is 46.5 Å². The maximum atomic E-state index is 12.5. The molecule has 0 radical (unpaired) electrons. The van der Waals surface area contributed by atoms with E-state index in [1.54, 1.807) is 6.20 Å². The molecular formula is C21H24N4O2. The maximum absolute atomic E-state index is 12.5. The number of rotatable bonds is 5. The zero-order chi connectivity index (χ0) is 18.6. The molecule has 1 aliphatic heterocycles. The van der Waals surface area contributed by atoms with Gasteiger partial charge in [0.2, 0.25) is 0 Å². The van der Waals surface area contributed by atoms with Crippen molar-refractivity contribution in [1.82, 2.24) is 19.6 Å². The molecule has 6 nitrogen and oxygen atoms in total. The second-order valence-electron chi connectivity index (χ2n) is 6.91. The van der Waals surface area contributed by atoms with Crippen molar-refractivity contribution in [3.8, 4) is 0 Å². The molecule has 6 heteroatoms. The Balaban J connectivity index is 1.39. The molecule has 140 valence electrons. The summed E-state index contributed by atoms with van der Waals surface area (Å²) in [6.45, 7) is 6.93. The Morgan fingerprint density at radius 3 is 2.74 bits per heavy atom. The van der Waals surface area contributed by atoms with Crippen LogP contribution in [0.15, 0.2) is 48.7 Å². The Morgan fingerprint density at radius 2 is 1.93 bits per heavy atom. The number of benzene rings is 1. The molecule has 1 amide bonds. The zero-order valence-corrected chi connectivity index (χ0v) is 15.5. The molecule has 0 unspecified atom stereocenters. The van der Waals surface area contributed by atoms with Gasteiger partial charge in [0.1, 0.15) is 11.3 Å². The van der Waals surface area contributed by atoms with E-state index in [9.17, 15) is 4.79 Å². The highest BCUT2D eigenvalue weighted by Crippen LogP contribution is 2.11. The Bertz CT molecular complexity index is 944. The summed E-state index contributed by atoms with van der Waals surface area (Å²) >= 11 is 0. The smallest absolute Gasteiger partial charge is 0.271 e. The summed E-state index contributed by atoms with van der Waals surface area (Å²) in [6, 6.07) is 14.2. The third kappa shape index (κ3) is 4.18. The number of aryl methyl sites for hydroxylation is 1. The molecular weight excluding hydrogens is 340 g/mol. The number of pyridine rings is 1. The molecule has 1 aliphatic rings. The topological polar surface area (TPSA) is 58.9 Å². The van der Waals surface area contributed by atoms with Crippen LogP contribution in [0.4, 0.5) is 0 Å². The molecule has 4 rings (SSSR count). The molecule has 3 heterocycles. The molecule has 1 N–H and O–H groups in total. The summed E-state index contributed by atoms with van der Waals surface area (Å²) in [7, 11) is 0. The molecule has 1 aromatic carbocycles. The number of aromatic nitrogens is 2. The largest absolute Gasteiger partial charge is 0.379 e. The van der Waals surface area contributed by atoms with E-state index >= 15 is 0 Å². The molecule has 27 heavy (non-hydrogen) atoms. The number of carbonyl (C=O) groups is 1. The number of nitrogens with one attached hydrogen (secondary N) is 1. The number of hydrogen-bond acceptors (Lipinski definition) is 4. The highest BCUT2D eigenvalue weighted by Gasteiger charge is 2.13. The zero-order valence-electron chi connectivity index (χ0n) is 15.5. The van der Waals surface area contributed by atoms with E-state index in [2.05, 4.69) is 27.3 Å². The number of amides is 1. The molecule has 2 aromatic heterocycles. The number of imidazole rings is 1. The normalized spacial score (nSPS) is 15.1. The first-order valence-electron chi connectivity index (χ1n) is 9.30. The first-order chi connectivity index (χ1) is 13.2. The van der Waals surface area contributed by atoms with E-state index in [0.717, 1.165) is 49.8 Å². The first-order valence-corrected chi connectivity index (χ1v) is 9.30. The van der Waals surface area contributed by atoms with Gasteiger partial charge in [-0.05, 0) is 30.2 Å². The summed E-state index contributed by atoms with van der Waals surface area (Å²) in [5, 5.41) is 2.98. The predicted octanol–water partition coefficient (Wildman–Crippen LogP) is 2.40. The molecule has 0 bridgehead atoms. The molecule has 1 fully saturated rings. The summed E-state index contributed by atoms with van der Waals surface area (Å²) in [4.78, 5) is 19.3. The minimum atomic E-state index is -0.156. The van der Waals surface area contributed by atoms with E-state index in [0.29, 0.717) is 12.2 Å². The Kier molecular flexibility index (Phi) is 5.18. The van der Waals surface area contributed by atoms with Crippen molar-refractivity contribution in [2.75, 3.05) is 26.3 Å². The van der Waals surface area contributed by atoms with E-state index in [-0.39, 0.29) is 5.91 Å². The Hall–Kier alpha value is -2.70. The maximum Gasteiger partial charge on any atom is 0.271 e. The van der Waals surface area contributed by atoms with Crippen LogP contribution in [-0.2, 0) is 17.8 Å². The van der Waals surface area contributed by atoms with E-state index in [4.69, 9.17) is 4.74 Å². The fourth-order valence-electron chi connectivity index (χ4n) is 3.39. The predicted molar refractivity (Wildman–Crippen MR) is 104 cm³/mol. The van der Waals surface area contributed by atoms with Crippen LogP contribution < -0.4 is 5.32 Å². The van der Waals surface area contributed by atoms with Gasteiger partial charge in [0.15, 0.2) is 0 Å². The number of hydrogen-bond donors (Lipinski definition) is 1. The fourth-order valence-corrected chi connectivity index (χ4v) is 3.39. The van der Waals surface area contributed by atoms with Crippen molar-refractivity contribution in [2.45, 2.75) is 20.0 Å². The van der Waals surface area contributed by atoms with E-state index < -0.39 is 0 Å². The van der Waals surface area contributed by atoms with Gasteiger partial charge in [-0.3, -0.25) is 9.69 Å². The third-order valence-electron chi connectivity index (χ3n) is 4.88. The minimum Gasteiger partial charge on any atom is -0.379 e. The lowest BCUT2D eigenvalue weighted by Crippen LogP contribution is -2.35. The van der Waals surface area contributed by atoms with Crippen molar-refractivity contribution in [1.29, 1.82) is 0 Å². The van der Waals surface area contributed by atoms with Gasteiger partial charge < -0.3 is 14.5 Å². The lowest BCUT2D eigenvalue weighted by molar-refractivity contribution is 0.0342. The van der Waals surface area contributed by atoms with Gasteiger partial charge in [-0.2, -0.15) is 0 Å².